The number of nitrogens with one attached hydrogen (secondary N) is 2. The fourth-order valence-electron chi connectivity index (χ4n) is 2.86. The molecule has 0 radical (unpaired) electrons. The highest BCUT2D eigenvalue weighted by Gasteiger charge is 2.15. The van der Waals surface area contributed by atoms with Crippen molar-refractivity contribution in [1.82, 2.24) is 10.9 Å². The number of benzene rings is 2. The molecule has 1 heterocycles. The number of hydrogen-bond donors (Lipinski definition) is 2. The van der Waals surface area contributed by atoms with Crippen molar-refractivity contribution in [2.24, 2.45) is 10.2 Å². The number of carbonyl (C=O) groups excluding carboxylic acids is 2. The SMILES string of the molecule is COc1ccc(/C=N/NC(=O)c2ccc(C(=O)N/N=C/c3ccc(OC)cc3OC)o2)c(OC)c1. The monoisotopic (exact) mass is 480 g/mol. The molecule has 0 unspecified atom stereocenters. The Kier molecular flexibility index (Phi) is 8.43. The van der Waals surface area contributed by atoms with E-state index in [0.717, 1.165) is 0 Å². The molecule has 0 aliphatic rings. The number of rotatable bonds is 10. The predicted octanol–water partition coefficient (Wildman–Crippen LogP) is 2.84. The zero-order chi connectivity index (χ0) is 25.2. The minimum absolute atomic E-state index is 0.102. The summed E-state index contributed by atoms with van der Waals surface area (Å²) in [6.45, 7) is 0. The van der Waals surface area contributed by atoms with Gasteiger partial charge in [-0.05, 0) is 36.4 Å². The summed E-state index contributed by atoms with van der Waals surface area (Å²) in [5, 5.41) is 7.80. The van der Waals surface area contributed by atoms with Crippen molar-refractivity contribution < 1.29 is 33.0 Å². The minimum atomic E-state index is -0.640. The molecule has 3 rings (SSSR count). The van der Waals surface area contributed by atoms with Gasteiger partial charge in [0.05, 0.1) is 40.9 Å². The molecule has 0 aliphatic heterocycles. The van der Waals surface area contributed by atoms with E-state index in [2.05, 4.69) is 21.1 Å². The zero-order valence-electron chi connectivity index (χ0n) is 19.5. The maximum absolute atomic E-state index is 12.3. The van der Waals surface area contributed by atoms with Crippen molar-refractivity contribution in [3.8, 4) is 23.0 Å². The predicted molar refractivity (Wildman–Crippen MR) is 128 cm³/mol. The highest BCUT2D eigenvalue weighted by Crippen LogP contribution is 2.24. The van der Waals surface area contributed by atoms with Crippen molar-refractivity contribution >= 4 is 24.2 Å². The van der Waals surface area contributed by atoms with Crippen LogP contribution in [0.15, 0.2) is 63.2 Å². The molecule has 11 nitrogen and oxygen atoms in total. The van der Waals surface area contributed by atoms with E-state index in [9.17, 15) is 9.59 Å². The van der Waals surface area contributed by atoms with Gasteiger partial charge >= 0.3 is 11.8 Å². The van der Waals surface area contributed by atoms with Crippen LogP contribution in [-0.2, 0) is 0 Å². The van der Waals surface area contributed by atoms with Crippen LogP contribution >= 0.6 is 0 Å². The molecule has 1 aromatic heterocycles. The van der Waals surface area contributed by atoms with Crippen LogP contribution < -0.4 is 29.8 Å². The minimum Gasteiger partial charge on any atom is -0.497 e. The quantitative estimate of drug-likeness (QED) is 0.337. The molecule has 2 amide bonds. The Bertz CT molecular complexity index is 1160. The fourth-order valence-corrected chi connectivity index (χ4v) is 2.86. The summed E-state index contributed by atoms with van der Waals surface area (Å²) >= 11 is 0. The van der Waals surface area contributed by atoms with Gasteiger partial charge in [-0.1, -0.05) is 0 Å². The van der Waals surface area contributed by atoms with E-state index >= 15 is 0 Å². The van der Waals surface area contributed by atoms with Gasteiger partial charge in [0, 0.05) is 23.3 Å². The van der Waals surface area contributed by atoms with Crippen LogP contribution in [0.4, 0.5) is 0 Å². The Morgan fingerprint density at radius 1 is 0.686 bits per heavy atom. The number of methoxy groups -OCH3 is 4. The second kappa shape index (κ2) is 11.9. The molecule has 2 aromatic carbocycles. The van der Waals surface area contributed by atoms with Crippen LogP contribution in [-0.4, -0.2) is 52.7 Å². The first-order chi connectivity index (χ1) is 17.0. The van der Waals surface area contributed by atoms with Crippen molar-refractivity contribution in [1.29, 1.82) is 0 Å². The van der Waals surface area contributed by atoms with E-state index in [1.54, 1.807) is 50.6 Å². The molecule has 0 aliphatic carbocycles. The van der Waals surface area contributed by atoms with Crippen molar-refractivity contribution in [3.63, 3.8) is 0 Å². The zero-order valence-corrected chi connectivity index (χ0v) is 19.5. The van der Waals surface area contributed by atoms with Gasteiger partial charge in [0.2, 0.25) is 0 Å². The van der Waals surface area contributed by atoms with Gasteiger partial charge in [0.15, 0.2) is 11.5 Å². The third-order valence-electron chi connectivity index (χ3n) is 4.67. The third kappa shape index (κ3) is 6.38. The molecule has 182 valence electrons. The molecule has 0 saturated heterocycles. The van der Waals surface area contributed by atoms with Gasteiger partial charge in [-0.15, -0.1) is 0 Å². The van der Waals surface area contributed by atoms with E-state index in [0.29, 0.717) is 34.1 Å². The van der Waals surface area contributed by atoms with E-state index in [4.69, 9.17) is 23.4 Å². The molecule has 0 fully saturated rings. The Balaban J connectivity index is 1.58. The van der Waals surface area contributed by atoms with E-state index < -0.39 is 11.8 Å². The van der Waals surface area contributed by atoms with E-state index in [1.807, 2.05) is 0 Å². The van der Waals surface area contributed by atoms with Crippen LogP contribution in [0.25, 0.3) is 0 Å². The average molecular weight is 480 g/mol. The lowest BCUT2D eigenvalue weighted by Crippen LogP contribution is -2.18. The van der Waals surface area contributed by atoms with Crippen molar-refractivity contribution in [3.05, 3.63) is 71.2 Å². The Labute approximate surface area is 201 Å². The molecule has 11 heteroatoms. The molecule has 0 spiro atoms. The first-order valence-corrected chi connectivity index (χ1v) is 10.2. The normalized spacial score (nSPS) is 10.9. The van der Waals surface area contributed by atoms with Gasteiger partial charge in [-0.3, -0.25) is 9.59 Å². The Morgan fingerprint density at radius 3 is 1.49 bits per heavy atom. The number of hydrogen-bond acceptors (Lipinski definition) is 9. The molecule has 2 N–H and O–H groups in total. The summed E-state index contributed by atoms with van der Waals surface area (Å²) in [7, 11) is 6.12. The van der Waals surface area contributed by atoms with Crippen LogP contribution in [0.3, 0.4) is 0 Å². The maximum atomic E-state index is 12.3. The summed E-state index contributed by atoms with van der Waals surface area (Å²) in [5.74, 6) is 0.802. The molecule has 0 atom stereocenters. The topological polar surface area (TPSA) is 133 Å². The maximum Gasteiger partial charge on any atom is 0.307 e. The van der Waals surface area contributed by atoms with Gasteiger partial charge in [-0.2, -0.15) is 10.2 Å². The summed E-state index contributed by atoms with van der Waals surface area (Å²) in [6.07, 6.45) is 2.82. The lowest BCUT2D eigenvalue weighted by molar-refractivity contribution is 0.0902. The molecular weight excluding hydrogens is 456 g/mol. The Morgan fingerprint density at radius 2 is 1.11 bits per heavy atom. The van der Waals surface area contributed by atoms with Gasteiger partial charge in [-0.25, -0.2) is 10.9 Å². The number of carbonyl (C=O) groups is 2. The lowest BCUT2D eigenvalue weighted by atomic mass is 10.2. The number of nitrogens with zero attached hydrogens (tertiary/aromatic N) is 2. The molecule has 0 bridgehead atoms. The summed E-state index contributed by atoms with van der Waals surface area (Å²) < 4.78 is 26.1. The Hall–Kier alpha value is -4.80. The second-order valence-corrected chi connectivity index (χ2v) is 6.78. The van der Waals surface area contributed by atoms with Crippen LogP contribution in [0.5, 0.6) is 23.0 Å². The number of hydrazone groups is 2. The largest absolute Gasteiger partial charge is 0.497 e. The van der Waals surface area contributed by atoms with Crippen LogP contribution in [0, 0.1) is 0 Å². The van der Waals surface area contributed by atoms with Crippen LogP contribution in [0.1, 0.15) is 32.2 Å². The molecule has 0 saturated carbocycles. The summed E-state index contributed by atoms with van der Waals surface area (Å²) in [4.78, 5) is 24.6. The van der Waals surface area contributed by atoms with Gasteiger partial charge in [0.25, 0.3) is 0 Å². The molecule has 35 heavy (non-hydrogen) atoms. The highest BCUT2D eigenvalue weighted by molar-refractivity contribution is 5.96. The first-order valence-electron chi connectivity index (χ1n) is 10.2. The lowest BCUT2D eigenvalue weighted by Gasteiger charge is -2.06. The van der Waals surface area contributed by atoms with Gasteiger partial charge in [0.1, 0.15) is 23.0 Å². The average Bonchev–Trinajstić information content (AvgIpc) is 3.39. The molecular formula is C24H24N4O7. The van der Waals surface area contributed by atoms with E-state index in [-0.39, 0.29) is 11.5 Å². The summed E-state index contributed by atoms with van der Waals surface area (Å²) in [5.41, 5.74) is 5.91. The van der Waals surface area contributed by atoms with Crippen molar-refractivity contribution in [2.45, 2.75) is 0 Å². The van der Waals surface area contributed by atoms with E-state index in [1.165, 1.54) is 38.8 Å². The smallest absolute Gasteiger partial charge is 0.307 e. The third-order valence-corrected chi connectivity index (χ3v) is 4.67. The first kappa shape index (κ1) is 24.8. The summed E-state index contributed by atoms with van der Waals surface area (Å²) in [6, 6.07) is 13.0. The number of ether oxygens (including phenoxy) is 4. The van der Waals surface area contributed by atoms with Crippen LogP contribution in [0.2, 0.25) is 0 Å². The molecule has 3 aromatic rings. The number of furan rings is 1. The standard InChI is InChI=1S/C24H24N4O7/c1-31-17-7-5-15(21(11-17)33-3)13-25-27-23(29)19-9-10-20(35-19)24(30)28-26-14-16-6-8-18(32-2)12-22(16)34-4/h5-14H,1-4H3,(H,27,29)(H,28,30)/b25-13+,26-14+. The van der Waals surface area contributed by atoms with Crippen molar-refractivity contribution in [2.75, 3.05) is 28.4 Å². The number of amides is 2. The van der Waals surface area contributed by atoms with Gasteiger partial charge < -0.3 is 23.4 Å². The fraction of sp³-hybridized carbons (Fsp3) is 0.167. The second-order valence-electron chi connectivity index (χ2n) is 6.78. The highest BCUT2D eigenvalue weighted by atomic mass is 16.5.